The van der Waals surface area contributed by atoms with Crippen LogP contribution in [0.5, 0.6) is 23.0 Å². The number of amides is 1. The molecule has 154 valence electrons. The molecule has 6 nitrogen and oxygen atoms in total. The molecule has 0 bridgehead atoms. The van der Waals surface area contributed by atoms with Crippen LogP contribution in [-0.2, 0) is 6.42 Å². The van der Waals surface area contributed by atoms with Gasteiger partial charge in [0.1, 0.15) is 23.0 Å². The molecule has 0 atom stereocenters. The number of benzene rings is 3. The maximum atomic E-state index is 13.1. The highest BCUT2D eigenvalue weighted by Crippen LogP contribution is 2.38. The number of anilines is 1. The highest BCUT2D eigenvalue weighted by atomic mass is 16.5. The predicted octanol–water partition coefficient (Wildman–Crippen LogP) is 4.38. The first-order valence-electron chi connectivity index (χ1n) is 9.71. The quantitative estimate of drug-likeness (QED) is 0.674. The van der Waals surface area contributed by atoms with Crippen LogP contribution in [-0.4, -0.2) is 36.9 Å². The van der Waals surface area contributed by atoms with Crippen molar-refractivity contribution in [3.8, 4) is 34.1 Å². The average Bonchev–Trinajstić information content (AvgIpc) is 2.77. The Morgan fingerprint density at radius 2 is 1.80 bits per heavy atom. The van der Waals surface area contributed by atoms with E-state index in [9.17, 15) is 15.0 Å². The second-order valence-corrected chi connectivity index (χ2v) is 7.17. The van der Waals surface area contributed by atoms with Crippen LogP contribution in [0.2, 0.25) is 0 Å². The summed E-state index contributed by atoms with van der Waals surface area (Å²) in [4.78, 5) is 14.8. The zero-order valence-corrected chi connectivity index (χ0v) is 16.9. The van der Waals surface area contributed by atoms with Crippen molar-refractivity contribution < 1.29 is 24.5 Å². The lowest BCUT2D eigenvalue weighted by atomic mass is 9.95. The van der Waals surface area contributed by atoms with E-state index in [1.165, 1.54) is 18.2 Å². The summed E-state index contributed by atoms with van der Waals surface area (Å²) in [5, 5.41) is 19.6. The van der Waals surface area contributed by atoms with Crippen LogP contribution in [0.3, 0.4) is 0 Å². The molecule has 30 heavy (non-hydrogen) atoms. The number of rotatable bonds is 4. The molecule has 1 aliphatic rings. The molecular formula is C24H23NO5. The van der Waals surface area contributed by atoms with Gasteiger partial charge in [-0.15, -0.1) is 0 Å². The van der Waals surface area contributed by atoms with Crippen molar-refractivity contribution in [2.24, 2.45) is 0 Å². The van der Waals surface area contributed by atoms with E-state index in [0.717, 1.165) is 46.7 Å². The topological polar surface area (TPSA) is 79.2 Å². The van der Waals surface area contributed by atoms with Gasteiger partial charge in [0.05, 0.1) is 19.8 Å². The zero-order valence-electron chi connectivity index (χ0n) is 16.9. The fourth-order valence-corrected chi connectivity index (χ4v) is 3.86. The number of methoxy groups -OCH3 is 2. The van der Waals surface area contributed by atoms with Gasteiger partial charge in [-0.1, -0.05) is 6.07 Å². The van der Waals surface area contributed by atoms with E-state index in [-0.39, 0.29) is 23.0 Å². The van der Waals surface area contributed by atoms with E-state index in [4.69, 9.17) is 9.47 Å². The number of fused-ring (bicyclic) bond motifs is 1. The molecule has 6 heteroatoms. The van der Waals surface area contributed by atoms with Gasteiger partial charge in [0.15, 0.2) is 0 Å². The summed E-state index contributed by atoms with van der Waals surface area (Å²) in [6.07, 6.45) is 1.66. The monoisotopic (exact) mass is 405 g/mol. The van der Waals surface area contributed by atoms with Crippen LogP contribution >= 0.6 is 0 Å². The number of phenolic OH excluding ortho intramolecular Hbond substituents is 2. The van der Waals surface area contributed by atoms with Crippen LogP contribution in [0.25, 0.3) is 11.1 Å². The standard InChI is InChI=1S/C24H23NO5/c1-29-18-7-10-23(30-2)20(14-18)15-5-9-21-16(12-15)4-3-11-25(21)24(28)19-8-6-17(26)13-22(19)27/h5-10,12-14,26-27H,3-4,11H2,1-2H3. The minimum absolute atomic E-state index is 0.0834. The Balaban J connectivity index is 1.72. The highest BCUT2D eigenvalue weighted by molar-refractivity contribution is 6.08. The van der Waals surface area contributed by atoms with E-state index in [1.807, 2.05) is 30.3 Å². The summed E-state index contributed by atoms with van der Waals surface area (Å²) in [5.41, 5.74) is 3.93. The second-order valence-electron chi connectivity index (χ2n) is 7.17. The summed E-state index contributed by atoms with van der Waals surface area (Å²) in [6, 6.07) is 15.6. The Kier molecular flexibility index (Phi) is 5.23. The first kappa shape index (κ1) is 19.6. The minimum atomic E-state index is -0.292. The lowest BCUT2D eigenvalue weighted by molar-refractivity contribution is 0.0982. The van der Waals surface area contributed by atoms with Gasteiger partial charge < -0.3 is 24.6 Å². The fraction of sp³-hybridized carbons (Fsp3) is 0.208. The van der Waals surface area contributed by atoms with E-state index >= 15 is 0 Å². The molecule has 1 heterocycles. The molecule has 0 fully saturated rings. The van der Waals surface area contributed by atoms with Crippen molar-refractivity contribution in [2.45, 2.75) is 12.8 Å². The van der Waals surface area contributed by atoms with E-state index in [1.54, 1.807) is 19.1 Å². The maximum absolute atomic E-state index is 13.1. The van der Waals surface area contributed by atoms with E-state index in [0.29, 0.717) is 6.54 Å². The van der Waals surface area contributed by atoms with Crippen LogP contribution in [0.15, 0.2) is 54.6 Å². The number of phenols is 2. The van der Waals surface area contributed by atoms with Crippen LogP contribution in [0.1, 0.15) is 22.3 Å². The molecule has 4 rings (SSSR count). The molecule has 3 aromatic rings. The summed E-state index contributed by atoms with van der Waals surface area (Å²) < 4.78 is 10.9. The molecular weight excluding hydrogens is 382 g/mol. The molecule has 0 saturated heterocycles. The van der Waals surface area contributed by atoms with Gasteiger partial charge in [-0.3, -0.25) is 4.79 Å². The molecule has 1 amide bonds. The third-order valence-electron chi connectivity index (χ3n) is 5.37. The van der Waals surface area contributed by atoms with Crippen molar-refractivity contribution in [3.63, 3.8) is 0 Å². The van der Waals surface area contributed by atoms with Crippen LogP contribution < -0.4 is 14.4 Å². The molecule has 1 aliphatic heterocycles. The van der Waals surface area contributed by atoms with Gasteiger partial charge in [-0.2, -0.15) is 0 Å². The van der Waals surface area contributed by atoms with E-state index in [2.05, 4.69) is 6.07 Å². The summed E-state index contributed by atoms with van der Waals surface area (Å²) >= 11 is 0. The third kappa shape index (κ3) is 3.52. The molecule has 0 aromatic heterocycles. The van der Waals surface area contributed by atoms with Crippen molar-refractivity contribution in [1.82, 2.24) is 0 Å². The van der Waals surface area contributed by atoms with Gasteiger partial charge in [0.25, 0.3) is 5.91 Å². The normalized spacial score (nSPS) is 12.9. The van der Waals surface area contributed by atoms with Crippen molar-refractivity contribution in [2.75, 3.05) is 25.7 Å². The van der Waals surface area contributed by atoms with Crippen molar-refractivity contribution in [3.05, 3.63) is 65.7 Å². The Labute approximate surface area is 174 Å². The molecule has 2 N–H and O–H groups in total. The number of carbonyl (C=O) groups excluding carboxylic acids is 1. The van der Waals surface area contributed by atoms with Gasteiger partial charge in [-0.25, -0.2) is 0 Å². The van der Waals surface area contributed by atoms with Crippen LogP contribution in [0.4, 0.5) is 5.69 Å². The van der Waals surface area contributed by atoms with Crippen molar-refractivity contribution in [1.29, 1.82) is 0 Å². The molecule has 0 saturated carbocycles. The number of nitrogens with zero attached hydrogens (tertiary/aromatic N) is 1. The highest BCUT2D eigenvalue weighted by Gasteiger charge is 2.26. The molecule has 0 spiro atoms. The number of aryl methyl sites for hydroxylation is 1. The number of aromatic hydroxyl groups is 2. The predicted molar refractivity (Wildman–Crippen MR) is 115 cm³/mol. The first-order valence-corrected chi connectivity index (χ1v) is 9.71. The van der Waals surface area contributed by atoms with E-state index < -0.39 is 0 Å². The molecule has 3 aromatic carbocycles. The average molecular weight is 405 g/mol. The largest absolute Gasteiger partial charge is 0.508 e. The number of hydrogen-bond donors (Lipinski definition) is 2. The van der Waals surface area contributed by atoms with Gasteiger partial charge in [-0.05, 0) is 66.4 Å². The maximum Gasteiger partial charge on any atom is 0.262 e. The molecule has 0 aliphatic carbocycles. The SMILES string of the molecule is COc1ccc(OC)c(-c2ccc3c(c2)CCCN3C(=O)c2ccc(O)cc2O)c1. The second kappa shape index (κ2) is 7.99. The third-order valence-corrected chi connectivity index (χ3v) is 5.37. The fourth-order valence-electron chi connectivity index (χ4n) is 3.86. The van der Waals surface area contributed by atoms with Crippen LogP contribution in [0, 0.1) is 0 Å². The first-order chi connectivity index (χ1) is 14.5. The Hall–Kier alpha value is -3.67. The minimum Gasteiger partial charge on any atom is -0.508 e. The summed E-state index contributed by atoms with van der Waals surface area (Å²) in [6.45, 7) is 0.563. The Morgan fingerprint density at radius 1 is 0.967 bits per heavy atom. The van der Waals surface area contributed by atoms with Gasteiger partial charge in [0, 0.05) is 23.9 Å². The van der Waals surface area contributed by atoms with Crippen molar-refractivity contribution >= 4 is 11.6 Å². The lowest BCUT2D eigenvalue weighted by Gasteiger charge is -2.30. The number of hydrogen-bond acceptors (Lipinski definition) is 5. The lowest BCUT2D eigenvalue weighted by Crippen LogP contribution is -2.35. The number of ether oxygens (including phenoxy) is 2. The number of carbonyl (C=O) groups is 1. The summed E-state index contributed by atoms with van der Waals surface area (Å²) in [7, 11) is 3.26. The Bertz CT molecular complexity index is 1110. The smallest absolute Gasteiger partial charge is 0.262 e. The van der Waals surface area contributed by atoms with Gasteiger partial charge >= 0.3 is 0 Å². The Morgan fingerprint density at radius 3 is 2.53 bits per heavy atom. The zero-order chi connectivity index (χ0) is 21.3. The molecule has 0 radical (unpaired) electrons. The molecule has 0 unspecified atom stereocenters. The summed E-state index contributed by atoms with van der Waals surface area (Å²) in [5.74, 6) is 0.877. The van der Waals surface area contributed by atoms with Gasteiger partial charge in [0.2, 0.25) is 0 Å².